The second-order valence-corrected chi connectivity index (χ2v) is 4.58. The van der Waals surface area contributed by atoms with Crippen molar-refractivity contribution in [1.29, 1.82) is 0 Å². The number of aromatic nitrogens is 1. The summed E-state index contributed by atoms with van der Waals surface area (Å²) in [7, 11) is 0. The van der Waals surface area contributed by atoms with Gasteiger partial charge in [-0.1, -0.05) is 11.6 Å². The lowest BCUT2D eigenvalue weighted by Crippen LogP contribution is -2.14. The van der Waals surface area contributed by atoms with Gasteiger partial charge in [0.1, 0.15) is 5.82 Å². The molecule has 0 aliphatic rings. The van der Waals surface area contributed by atoms with Crippen LogP contribution in [0.1, 0.15) is 15.9 Å². The highest BCUT2D eigenvalue weighted by molar-refractivity contribution is 6.33. The van der Waals surface area contributed by atoms with Gasteiger partial charge in [0, 0.05) is 11.9 Å². The number of nitrogens with two attached hydrogens (primary N) is 1. The highest BCUT2D eigenvalue weighted by Gasteiger charge is 2.10. The molecule has 1 amide bonds. The molecule has 0 saturated carbocycles. The minimum Gasteiger partial charge on any atom is -0.322 e. The van der Waals surface area contributed by atoms with Gasteiger partial charge in [0.15, 0.2) is 5.82 Å². The van der Waals surface area contributed by atoms with Gasteiger partial charge < -0.3 is 10.7 Å². The van der Waals surface area contributed by atoms with E-state index in [9.17, 15) is 9.18 Å². The Morgan fingerprint density at radius 1 is 1.35 bits per heavy atom. The number of rotatable bonds is 3. The molecule has 1 heterocycles. The quantitative estimate of drug-likeness (QED) is 0.600. The third-order valence-electron chi connectivity index (χ3n) is 2.54. The Morgan fingerprint density at radius 2 is 2.10 bits per heavy atom. The first-order valence-corrected chi connectivity index (χ1v) is 6.08. The number of nitrogens with one attached hydrogen (secondary N) is 2. The van der Waals surface area contributed by atoms with Gasteiger partial charge in [0.05, 0.1) is 10.6 Å². The number of hydrogen-bond donors (Lipinski definition) is 3. The molecule has 0 radical (unpaired) electrons. The van der Waals surface area contributed by atoms with E-state index in [1.165, 1.54) is 24.4 Å². The Hall–Kier alpha value is -2.18. The number of nitrogens with zero attached hydrogens (tertiary/aromatic N) is 1. The van der Waals surface area contributed by atoms with E-state index >= 15 is 0 Å². The summed E-state index contributed by atoms with van der Waals surface area (Å²) in [5, 5.41) is 2.79. The fraction of sp³-hybridized carbons (Fsp3) is 0.0769. The average molecular weight is 295 g/mol. The monoisotopic (exact) mass is 294 g/mol. The highest BCUT2D eigenvalue weighted by atomic mass is 35.5. The average Bonchev–Trinajstić information content (AvgIpc) is 2.37. The molecule has 0 atom stereocenters. The molecular weight excluding hydrogens is 283 g/mol. The zero-order valence-corrected chi connectivity index (χ0v) is 11.3. The first kappa shape index (κ1) is 14.2. The largest absolute Gasteiger partial charge is 0.322 e. The van der Waals surface area contributed by atoms with Crippen LogP contribution in [0.3, 0.4) is 0 Å². The van der Waals surface area contributed by atoms with Gasteiger partial charge in [-0.25, -0.2) is 15.2 Å². The van der Waals surface area contributed by atoms with Crippen LogP contribution < -0.4 is 16.6 Å². The third kappa shape index (κ3) is 3.23. The van der Waals surface area contributed by atoms with Gasteiger partial charge in [-0.2, -0.15) is 0 Å². The number of hydrazine groups is 1. The summed E-state index contributed by atoms with van der Waals surface area (Å²) < 4.78 is 13.2. The van der Waals surface area contributed by atoms with Gasteiger partial charge in [0.25, 0.3) is 5.91 Å². The molecule has 2 aromatic rings. The van der Waals surface area contributed by atoms with Crippen molar-refractivity contribution in [2.75, 3.05) is 10.7 Å². The van der Waals surface area contributed by atoms with Crippen molar-refractivity contribution in [2.24, 2.45) is 5.84 Å². The van der Waals surface area contributed by atoms with Crippen LogP contribution in [-0.4, -0.2) is 10.9 Å². The van der Waals surface area contributed by atoms with E-state index in [-0.39, 0.29) is 16.4 Å². The standard InChI is InChI=1S/C13H12ClFN4O/c1-7-2-9(15)5-10(3-7)18-13(20)8-4-11(14)12(19-16)17-6-8/h2-6H,16H2,1H3,(H,17,19)(H,18,20). The highest BCUT2D eigenvalue weighted by Crippen LogP contribution is 2.20. The van der Waals surface area contributed by atoms with Gasteiger partial charge >= 0.3 is 0 Å². The van der Waals surface area contributed by atoms with Crippen molar-refractivity contribution in [3.05, 3.63) is 52.4 Å². The van der Waals surface area contributed by atoms with Crippen LogP contribution >= 0.6 is 11.6 Å². The summed E-state index contributed by atoms with van der Waals surface area (Å²) in [6, 6.07) is 5.68. The summed E-state index contributed by atoms with van der Waals surface area (Å²) in [4.78, 5) is 15.9. The lowest BCUT2D eigenvalue weighted by Gasteiger charge is -2.08. The Labute approximate surface area is 119 Å². The molecular formula is C13H12ClFN4O. The number of carbonyl (C=O) groups is 1. The van der Waals surface area contributed by atoms with Crippen LogP contribution in [-0.2, 0) is 0 Å². The number of nitrogen functional groups attached to an aromatic ring is 1. The molecule has 7 heteroatoms. The van der Waals surface area contributed by atoms with Gasteiger partial charge in [-0.15, -0.1) is 0 Å². The van der Waals surface area contributed by atoms with Crippen molar-refractivity contribution >= 4 is 29.0 Å². The number of pyridine rings is 1. The molecule has 2 rings (SSSR count). The van der Waals surface area contributed by atoms with Crippen LogP contribution in [0.5, 0.6) is 0 Å². The lowest BCUT2D eigenvalue weighted by molar-refractivity contribution is 0.102. The number of anilines is 2. The normalized spacial score (nSPS) is 10.2. The van der Waals surface area contributed by atoms with E-state index in [0.29, 0.717) is 11.3 Å². The second kappa shape index (κ2) is 5.85. The molecule has 4 N–H and O–H groups in total. The smallest absolute Gasteiger partial charge is 0.257 e. The molecule has 5 nitrogen and oxygen atoms in total. The molecule has 0 fully saturated rings. The Balaban J connectivity index is 2.21. The zero-order valence-electron chi connectivity index (χ0n) is 10.6. The van der Waals surface area contributed by atoms with Crippen LogP contribution in [0.4, 0.5) is 15.9 Å². The van der Waals surface area contributed by atoms with Crippen LogP contribution in [0.25, 0.3) is 0 Å². The molecule has 0 aliphatic heterocycles. The minimum absolute atomic E-state index is 0.218. The second-order valence-electron chi connectivity index (χ2n) is 4.17. The summed E-state index contributed by atoms with van der Waals surface area (Å²) in [5.41, 5.74) is 3.62. The Kier molecular flexibility index (Phi) is 4.16. The summed E-state index contributed by atoms with van der Waals surface area (Å²) in [6.07, 6.45) is 1.32. The number of halogens is 2. The minimum atomic E-state index is -0.437. The van der Waals surface area contributed by atoms with Crippen molar-refractivity contribution in [2.45, 2.75) is 6.92 Å². The summed E-state index contributed by atoms with van der Waals surface area (Å²) >= 11 is 5.88. The lowest BCUT2D eigenvalue weighted by atomic mass is 10.2. The van der Waals surface area contributed by atoms with Crippen LogP contribution in [0.15, 0.2) is 30.5 Å². The predicted molar refractivity (Wildman–Crippen MR) is 76.1 cm³/mol. The maximum Gasteiger partial charge on any atom is 0.257 e. The molecule has 0 spiro atoms. The maximum atomic E-state index is 13.2. The van der Waals surface area contributed by atoms with Gasteiger partial charge in [-0.3, -0.25) is 4.79 Å². The van der Waals surface area contributed by atoms with E-state index in [1.807, 2.05) is 0 Å². The summed E-state index contributed by atoms with van der Waals surface area (Å²) in [5.74, 6) is 4.61. The molecule has 104 valence electrons. The first-order valence-electron chi connectivity index (χ1n) is 5.70. The van der Waals surface area contributed by atoms with E-state index in [1.54, 1.807) is 13.0 Å². The van der Waals surface area contributed by atoms with E-state index in [4.69, 9.17) is 17.4 Å². The van der Waals surface area contributed by atoms with Gasteiger partial charge in [0.2, 0.25) is 0 Å². The van der Waals surface area contributed by atoms with Crippen molar-refractivity contribution in [3.63, 3.8) is 0 Å². The van der Waals surface area contributed by atoms with Crippen molar-refractivity contribution in [1.82, 2.24) is 4.98 Å². The molecule has 1 aromatic carbocycles. The molecule has 0 aliphatic carbocycles. The van der Waals surface area contributed by atoms with Crippen molar-refractivity contribution in [3.8, 4) is 0 Å². The van der Waals surface area contributed by atoms with Crippen LogP contribution in [0.2, 0.25) is 5.02 Å². The predicted octanol–water partition coefficient (Wildman–Crippen LogP) is 2.72. The van der Waals surface area contributed by atoms with Crippen molar-refractivity contribution < 1.29 is 9.18 Å². The molecule has 1 aromatic heterocycles. The van der Waals surface area contributed by atoms with E-state index < -0.39 is 11.7 Å². The number of carbonyl (C=O) groups excluding carboxylic acids is 1. The number of hydrogen-bond acceptors (Lipinski definition) is 4. The maximum absolute atomic E-state index is 13.2. The van der Waals surface area contributed by atoms with Crippen LogP contribution in [0, 0.1) is 12.7 Å². The Bertz CT molecular complexity index is 643. The third-order valence-corrected chi connectivity index (χ3v) is 2.83. The van der Waals surface area contributed by atoms with E-state index in [2.05, 4.69) is 15.7 Å². The number of benzene rings is 1. The zero-order chi connectivity index (χ0) is 14.7. The summed E-state index contributed by atoms with van der Waals surface area (Å²) in [6.45, 7) is 1.73. The van der Waals surface area contributed by atoms with Gasteiger partial charge in [-0.05, 0) is 36.8 Å². The van der Waals surface area contributed by atoms with E-state index in [0.717, 1.165) is 0 Å². The Morgan fingerprint density at radius 3 is 2.70 bits per heavy atom. The number of aryl methyl sites for hydroxylation is 1. The molecule has 0 saturated heterocycles. The SMILES string of the molecule is Cc1cc(F)cc(NC(=O)c2cnc(NN)c(Cl)c2)c1. The molecule has 0 unspecified atom stereocenters. The fourth-order valence-corrected chi connectivity index (χ4v) is 1.90. The molecule has 20 heavy (non-hydrogen) atoms. The molecule has 0 bridgehead atoms. The topological polar surface area (TPSA) is 80.0 Å². The first-order chi connectivity index (χ1) is 9.49. The number of amides is 1. The fourth-order valence-electron chi connectivity index (χ4n) is 1.68.